The summed E-state index contributed by atoms with van der Waals surface area (Å²) in [7, 11) is 0. The molecule has 4 heteroatoms. The Balaban J connectivity index is 1.15. The molecule has 0 bridgehead atoms. The molecule has 3 heterocycles. The molecule has 0 spiro atoms. The maximum absolute atomic E-state index is 6.63. The first-order chi connectivity index (χ1) is 23.8. The van der Waals surface area contributed by atoms with Gasteiger partial charge in [-0.1, -0.05) is 121 Å². The Morgan fingerprint density at radius 3 is 2.10 bits per heavy atom. The van der Waals surface area contributed by atoms with Crippen LogP contribution in [0.1, 0.15) is 22.9 Å². The number of fused-ring (bicyclic) bond motifs is 7. The molecule has 0 radical (unpaired) electrons. The highest BCUT2D eigenvalue weighted by Gasteiger charge is 2.25. The molecule has 2 aromatic heterocycles. The van der Waals surface area contributed by atoms with Gasteiger partial charge >= 0.3 is 0 Å². The predicted octanol–water partition coefficient (Wildman–Crippen LogP) is 11.3. The lowest BCUT2D eigenvalue weighted by Crippen LogP contribution is -2.20. The van der Waals surface area contributed by atoms with Gasteiger partial charge in [0, 0.05) is 55.7 Å². The van der Waals surface area contributed by atoms with Crippen molar-refractivity contribution in [2.75, 3.05) is 5.32 Å². The van der Waals surface area contributed by atoms with Gasteiger partial charge in [-0.3, -0.25) is 4.99 Å². The van der Waals surface area contributed by atoms with Crippen molar-refractivity contribution in [2.24, 2.45) is 4.99 Å². The van der Waals surface area contributed by atoms with Gasteiger partial charge in [0.1, 0.15) is 17.3 Å². The number of furan rings is 1. The Labute approximate surface area is 277 Å². The van der Waals surface area contributed by atoms with E-state index in [9.17, 15) is 0 Å². The van der Waals surface area contributed by atoms with E-state index in [-0.39, 0.29) is 6.17 Å². The molecule has 1 N–H and O–H groups in total. The average Bonchev–Trinajstić information content (AvgIpc) is 3.70. The standard InChI is InChI=1S/C44H29N3O/c1-3-13-28(14-4-1)31-19-11-23-38-41(31)33-18-8-10-22-37(33)47(38)30-25-26-34-40(27-30)48-39-24-12-20-35(42(34)39)44-45-36-21-9-7-17-32(36)43(46-44)29-15-5-2-6-16-29/h1-27,44-45H. The second-order valence-corrected chi connectivity index (χ2v) is 12.4. The molecule has 226 valence electrons. The largest absolute Gasteiger partial charge is 0.456 e. The average molecular weight is 616 g/mol. The number of nitrogens with zero attached hydrogens (tertiary/aromatic N) is 2. The van der Waals surface area contributed by atoms with Gasteiger partial charge in [-0.2, -0.15) is 0 Å². The number of aromatic nitrogens is 1. The zero-order valence-electron chi connectivity index (χ0n) is 26.0. The lowest BCUT2D eigenvalue weighted by molar-refractivity contribution is 0.668. The lowest BCUT2D eigenvalue weighted by atomic mass is 9.96. The van der Waals surface area contributed by atoms with E-state index < -0.39 is 0 Å². The molecule has 0 amide bonds. The smallest absolute Gasteiger partial charge is 0.146 e. The Morgan fingerprint density at radius 2 is 1.23 bits per heavy atom. The number of rotatable bonds is 4. The topological polar surface area (TPSA) is 42.5 Å². The number of nitrogens with one attached hydrogen (secondary N) is 1. The van der Waals surface area contributed by atoms with Crippen LogP contribution in [0.4, 0.5) is 5.69 Å². The Kier molecular flexibility index (Phi) is 5.90. The van der Waals surface area contributed by atoms with Crippen molar-refractivity contribution >= 4 is 55.1 Å². The van der Waals surface area contributed by atoms with E-state index >= 15 is 0 Å². The number of aliphatic imine (C=N–C) groups is 1. The summed E-state index contributed by atoms with van der Waals surface area (Å²) in [5.41, 5.74) is 12.9. The zero-order valence-corrected chi connectivity index (χ0v) is 26.0. The van der Waals surface area contributed by atoms with E-state index in [0.717, 1.165) is 55.7 Å². The van der Waals surface area contributed by atoms with Gasteiger partial charge in [0.05, 0.1) is 16.7 Å². The van der Waals surface area contributed by atoms with Crippen molar-refractivity contribution < 1.29 is 4.42 Å². The monoisotopic (exact) mass is 615 g/mol. The molecule has 1 atom stereocenters. The Morgan fingerprint density at radius 1 is 0.521 bits per heavy atom. The molecule has 9 aromatic rings. The third-order valence-corrected chi connectivity index (χ3v) is 9.63. The quantitative estimate of drug-likeness (QED) is 0.214. The van der Waals surface area contributed by atoms with Crippen LogP contribution in [0.3, 0.4) is 0 Å². The Bertz CT molecular complexity index is 2700. The molecule has 1 unspecified atom stereocenters. The fraction of sp³-hybridized carbons (Fsp3) is 0.0227. The number of para-hydroxylation sites is 2. The molecule has 7 aromatic carbocycles. The van der Waals surface area contributed by atoms with Crippen molar-refractivity contribution in [3.8, 4) is 16.8 Å². The fourth-order valence-corrected chi connectivity index (χ4v) is 7.53. The maximum Gasteiger partial charge on any atom is 0.146 e. The molecular weight excluding hydrogens is 587 g/mol. The normalized spacial score (nSPS) is 14.3. The predicted molar refractivity (Wildman–Crippen MR) is 198 cm³/mol. The highest BCUT2D eigenvalue weighted by Crippen LogP contribution is 2.42. The van der Waals surface area contributed by atoms with Crippen LogP contribution in [0.2, 0.25) is 0 Å². The fourth-order valence-electron chi connectivity index (χ4n) is 7.53. The van der Waals surface area contributed by atoms with Crippen LogP contribution in [-0.4, -0.2) is 10.3 Å². The summed E-state index contributed by atoms with van der Waals surface area (Å²) in [6.07, 6.45) is -0.270. The van der Waals surface area contributed by atoms with Gasteiger partial charge in [-0.25, -0.2) is 0 Å². The number of benzene rings is 7. The van der Waals surface area contributed by atoms with E-state index in [1.54, 1.807) is 0 Å². The Hall–Kier alpha value is -6.39. The third-order valence-electron chi connectivity index (χ3n) is 9.63. The number of anilines is 1. The van der Waals surface area contributed by atoms with E-state index in [0.29, 0.717) is 0 Å². The summed E-state index contributed by atoms with van der Waals surface area (Å²) in [5.74, 6) is 0. The summed E-state index contributed by atoms with van der Waals surface area (Å²) in [6.45, 7) is 0. The lowest BCUT2D eigenvalue weighted by Gasteiger charge is -2.26. The van der Waals surface area contributed by atoms with Crippen LogP contribution >= 0.6 is 0 Å². The SMILES string of the molecule is c1ccc(C2=NC(c3cccc4oc5cc(-n6c7ccccc7c7c(-c8ccccc8)cccc76)ccc5c34)Nc3ccccc32)cc1. The third kappa shape index (κ3) is 4.06. The second-order valence-electron chi connectivity index (χ2n) is 12.4. The zero-order chi connectivity index (χ0) is 31.6. The van der Waals surface area contributed by atoms with Crippen molar-refractivity contribution in [3.63, 3.8) is 0 Å². The van der Waals surface area contributed by atoms with Gasteiger partial charge in [0.15, 0.2) is 0 Å². The highest BCUT2D eigenvalue weighted by molar-refractivity contribution is 6.18. The van der Waals surface area contributed by atoms with Crippen LogP contribution in [0.15, 0.2) is 173 Å². The number of hydrogen-bond donors (Lipinski definition) is 1. The first-order valence-corrected chi connectivity index (χ1v) is 16.3. The van der Waals surface area contributed by atoms with Crippen molar-refractivity contribution in [1.82, 2.24) is 4.57 Å². The van der Waals surface area contributed by atoms with Gasteiger partial charge < -0.3 is 14.3 Å². The maximum atomic E-state index is 6.63. The molecule has 0 saturated heterocycles. The molecule has 0 aliphatic carbocycles. The van der Waals surface area contributed by atoms with E-state index in [2.05, 4.69) is 168 Å². The van der Waals surface area contributed by atoms with Crippen LogP contribution < -0.4 is 5.32 Å². The molecule has 4 nitrogen and oxygen atoms in total. The second kappa shape index (κ2) is 10.6. The minimum atomic E-state index is -0.270. The molecule has 10 rings (SSSR count). The van der Waals surface area contributed by atoms with Gasteiger partial charge in [-0.15, -0.1) is 0 Å². The van der Waals surface area contributed by atoms with Crippen LogP contribution in [-0.2, 0) is 0 Å². The van der Waals surface area contributed by atoms with Crippen LogP contribution in [0.5, 0.6) is 0 Å². The first-order valence-electron chi connectivity index (χ1n) is 16.3. The molecule has 0 fully saturated rings. The molecule has 1 aliphatic heterocycles. The molecule has 48 heavy (non-hydrogen) atoms. The minimum absolute atomic E-state index is 0.270. The first kappa shape index (κ1) is 26.8. The minimum Gasteiger partial charge on any atom is -0.456 e. The molecule has 0 saturated carbocycles. The molecule has 1 aliphatic rings. The summed E-state index contributed by atoms with van der Waals surface area (Å²) in [5, 5.41) is 8.36. The highest BCUT2D eigenvalue weighted by atomic mass is 16.3. The summed E-state index contributed by atoms with van der Waals surface area (Å²) in [4.78, 5) is 5.32. The molecular formula is C44H29N3O. The van der Waals surface area contributed by atoms with Gasteiger partial charge in [0.25, 0.3) is 0 Å². The van der Waals surface area contributed by atoms with Crippen molar-refractivity contribution in [1.29, 1.82) is 0 Å². The van der Waals surface area contributed by atoms with E-state index in [1.165, 1.54) is 32.9 Å². The van der Waals surface area contributed by atoms with Crippen LogP contribution in [0.25, 0.3) is 60.6 Å². The van der Waals surface area contributed by atoms with Crippen LogP contribution in [0, 0.1) is 0 Å². The summed E-state index contributed by atoms with van der Waals surface area (Å²) >= 11 is 0. The van der Waals surface area contributed by atoms with Gasteiger partial charge in [-0.05, 0) is 47.5 Å². The van der Waals surface area contributed by atoms with E-state index in [4.69, 9.17) is 9.41 Å². The van der Waals surface area contributed by atoms with Crippen molar-refractivity contribution in [2.45, 2.75) is 6.17 Å². The van der Waals surface area contributed by atoms with Gasteiger partial charge in [0.2, 0.25) is 0 Å². The summed E-state index contributed by atoms with van der Waals surface area (Å²) < 4.78 is 8.99. The van der Waals surface area contributed by atoms with E-state index in [1.807, 2.05) is 6.07 Å². The number of hydrogen-bond acceptors (Lipinski definition) is 3. The summed E-state index contributed by atoms with van der Waals surface area (Å²) in [6, 6.07) is 57.7. The van der Waals surface area contributed by atoms with Crippen molar-refractivity contribution in [3.05, 3.63) is 180 Å².